The molecule has 1 spiro atoms. The van der Waals surface area contributed by atoms with Gasteiger partial charge in [0, 0.05) is 27.8 Å². The van der Waals surface area contributed by atoms with E-state index in [9.17, 15) is 14.4 Å². The number of halogens is 2. The number of amides is 3. The largest absolute Gasteiger partial charge is 0.359 e. The Kier molecular flexibility index (Phi) is 7.29. The summed E-state index contributed by atoms with van der Waals surface area (Å²) in [5.74, 6) is -2.24. The van der Waals surface area contributed by atoms with E-state index in [4.69, 9.17) is 16.3 Å². The number of carbonyl (C=O) groups is 3. The summed E-state index contributed by atoms with van der Waals surface area (Å²) < 4.78 is 7.35. The molecule has 3 aliphatic heterocycles. The van der Waals surface area contributed by atoms with Crippen LogP contribution in [0.1, 0.15) is 37.7 Å². The van der Waals surface area contributed by atoms with Crippen molar-refractivity contribution in [3.05, 3.63) is 75.7 Å². The summed E-state index contributed by atoms with van der Waals surface area (Å²) in [4.78, 5) is 43.2. The minimum Gasteiger partial charge on any atom is -0.359 e. The van der Waals surface area contributed by atoms with Gasteiger partial charge in [-0.1, -0.05) is 77.1 Å². The number of fused-ring (bicyclic) bond motifs is 1. The average molecular weight is 613 g/mol. The predicted molar refractivity (Wildman–Crippen MR) is 152 cm³/mol. The summed E-state index contributed by atoms with van der Waals surface area (Å²) in [5.41, 5.74) is 0.359. The second kappa shape index (κ2) is 10.7. The predicted octanol–water partition coefficient (Wildman–Crippen LogP) is 4.88. The van der Waals surface area contributed by atoms with E-state index in [1.54, 1.807) is 17.0 Å². The molecule has 1 aliphatic carbocycles. The van der Waals surface area contributed by atoms with Gasteiger partial charge < -0.3 is 20.3 Å². The molecule has 0 aromatic heterocycles. The van der Waals surface area contributed by atoms with Gasteiger partial charge >= 0.3 is 0 Å². The molecule has 0 unspecified atom stereocenters. The van der Waals surface area contributed by atoms with Gasteiger partial charge in [0.05, 0.1) is 17.9 Å². The molecule has 2 saturated heterocycles. The van der Waals surface area contributed by atoms with Crippen molar-refractivity contribution in [1.82, 2.24) is 10.2 Å². The molecule has 2 aromatic carbocycles. The van der Waals surface area contributed by atoms with Crippen LogP contribution < -0.4 is 10.6 Å². The molecular weight excluding hydrogens is 582 g/mol. The molecule has 9 heteroatoms. The van der Waals surface area contributed by atoms with Gasteiger partial charge in [-0.05, 0) is 55.2 Å². The molecule has 2 bridgehead atoms. The number of hydrogen-bond acceptors (Lipinski definition) is 4. The number of rotatable bonds is 7. The summed E-state index contributed by atoms with van der Waals surface area (Å²) >= 11 is 9.82. The molecule has 2 aromatic rings. The van der Waals surface area contributed by atoms with Crippen molar-refractivity contribution in [2.45, 2.75) is 62.3 Å². The third kappa shape index (κ3) is 4.81. The zero-order chi connectivity index (χ0) is 27.1. The van der Waals surface area contributed by atoms with Gasteiger partial charge in [-0.25, -0.2) is 0 Å². The molecule has 3 amide bonds. The van der Waals surface area contributed by atoms with Crippen molar-refractivity contribution in [2.75, 3.05) is 11.9 Å². The molecule has 4 aliphatic rings. The first-order chi connectivity index (χ1) is 18.9. The van der Waals surface area contributed by atoms with E-state index < -0.39 is 29.6 Å². The average Bonchev–Trinajstić information content (AvgIpc) is 3.57. The fourth-order valence-corrected chi connectivity index (χ4v) is 7.23. The number of likely N-dealkylation sites (tertiary alicyclic amines) is 1. The molecule has 1 saturated carbocycles. The van der Waals surface area contributed by atoms with E-state index >= 15 is 0 Å². The fraction of sp³-hybridized carbons (Fsp3) is 0.433. The summed E-state index contributed by atoms with van der Waals surface area (Å²) in [6, 6.07) is 14.0. The minimum absolute atomic E-state index is 0.0845. The number of ether oxygens (including phenoxy) is 1. The van der Waals surface area contributed by atoms with Crippen molar-refractivity contribution < 1.29 is 19.1 Å². The normalized spacial score (nSPS) is 29.5. The lowest BCUT2D eigenvalue weighted by Crippen LogP contribution is -2.56. The minimum atomic E-state index is -1.18. The van der Waals surface area contributed by atoms with E-state index in [2.05, 4.69) is 26.6 Å². The first-order valence-corrected chi connectivity index (χ1v) is 14.8. The molecule has 7 nitrogen and oxygen atoms in total. The SMILES string of the molecule is O=C(Nc1ccc(Br)cc1)[C@H]1[C@@H]2C=C[C@]3(O2)[C@@H]1C(=O)N(CCc1ccccc1Cl)[C@@H]3C(=O)NC1CCCCC1. The van der Waals surface area contributed by atoms with Gasteiger partial charge in [-0.2, -0.15) is 0 Å². The number of anilines is 1. The third-order valence-corrected chi connectivity index (χ3v) is 9.47. The van der Waals surface area contributed by atoms with Crippen LogP contribution in [0.4, 0.5) is 5.69 Å². The van der Waals surface area contributed by atoms with Gasteiger partial charge in [0.1, 0.15) is 11.6 Å². The fourth-order valence-electron chi connectivity index (χ4n) is 6.74. The standard InChI is InChI=1S/C30H31BrClN3O4/c31-19-10-12-21(13-11-19)33-27(36)24-23-14-16-30(39-23)25(24)29(38)35(17-15-18-6-4-5-9-22(18)32)26(30)28(37)34-20-7-2-1-3-8-20/h4-6,9-14,16,20,23-26H,1-3,7-8,15,17H2,(H,33,36)(H,34,37)/t23-,24-,25-,26+,30-/m0/s1. The van der Waals surface area contributed by atoms with Crippen LogP contribution in [0.3, 0.4) is 0 Å². The molecule has 6 rings (SSSR count). The number of benzene rings is 2. The van der Waals surface area contributed by atoms with Gasteiger partial charge in [-0.3, -0.25) is 14.4 Å². The molecule has 39 heavy (non-hydrogen) atoms. The maximum Gasteiger partial charge on any atom is 0.246 e. The van der Waals surface area contributed by atoms with Gasteiger partial charge in [0.2, 0.25) is 17.7 Å². The highest BCUT2D eigenvalue weighted by Gasteiger charge is 2.72. The van der Waals surface area contributed by atoms with Crippen molar-refractivity contribution in [3.63, 3.8) is 0 Å². The van der Waals surface area contributed by atoms with Crippen LogP contribution in [0.15, 0.2) is 65.2 Å². The molecular formula is C30H31BrClN3O4. The number of hydrogen-bond donors (Lipinski definition) is 2. The zero-order valence-corrected chi connectivity index (χ0v) is 23.8. The van der Waals surface area contributed by atoms with Gasteiger partial charge in [0.15, 0.2) is 0 Å². The maximum absolute atomic E-state index is 14.1. The third-order valence-electron chi connectivity index (χ3n) is 8.57. The van der Waals surface area contributed by atoms with Gasteiger partial charge in [0.25, 0.3) is 0 Å². The molecule has 2 N–H and O–H groups in total. The lowest BCUT2D eigenvalue weighted by Gasteiger charge is -2.34. The van der Waals surface area contributed by atoms with Crippen LogP contribution in [0, 0.1) is 11.8 Å². The Balaban J connectivity index is 1.29. The van der Waals surface area contributed by atoms with Crippen LogP contribution in [-0.4, -0.2) is 53.0 Å². The molecule has 5 atom stereocenters. The summed E-state index contributed by atoms with van der Waals surface area (Å²) in [6.07, 6.45) is 8.81. The molecule has 3 fully saturated rings. The van der Waals surface area contributed by atoms with E-state index in [1.807, 2.05) is 48.6 Å². The van der Waals surface area contributed by atoms with Crippen molar-refractivity contribution in [3.8, 4) is 0 Å². The van der Waals surface area contributed by atoms with E-state index in [1.165, 1.54) is 6.42 Å². The summed E-state index contributed by atoms with van der Waals surface area (Å²) in [5, 5.41) is 6.80. The summed E-state index contributed by atoms with van der Waals surface area (Å²) in [6.45, 7) is 0.298. The van der Waals surface area contributed by atoms with Crippen LogP contribution in [0.25, 0.3) is 0 Å². The van der Waals surface area contributed by atoms with Gasteiger partial charge in [-0.15, -0.1) is 0 Å². The van der Waals surface area contributed by atoms with Crippen molar-refractivity contribution >= 4 is 50.9 Å². The van der Waals surface area contributed by atoms with E-state index in [0.717, 1.165) is 35.7 Å². The Morgan fingerprint density at radius 1 is 1.05 bits per heavy atom. The van der Waals surface area contributed by atoms with Crippen LogP contribution in [0.2, 0.25) is 5.02 Å². The molecule has 0 radical (unpaired) electrons. The Labute approximate surface area is 241 Å². The lowest BCUT2D eigenvalue weighted by molar-refractivity contribution is -0.141. The van der Waals surface area contributed by atoms with Crippen LogP contribution in [-0.2, 0) is 25.5 Å². The first-order valence-electron chi connectivity index (χ1n) is 13.7. The molecule has 3 heterocycles. The Morgan fingerprint density at radius 3 is 2.54 bits per heavy atom. The zero-order valence-electron chi connectivity index (χ0n) is 21.4. The molecule has 204 valence electrons. The van der Waals surface area contributed by atoms with Crippen molar-refractivity contribution in [2.24, 2.45) is 11.8 Å². The quantitative estimate of drug-likeness (QED) is 0.437. The Bertz CT molecular complexity index is 1310. The number of nitrogens with one attached hydrogen (secondary N) is 2. The topological polar surface area (TPSA) is 87.7 Å². The second-order valence-corrected chi connectivity index (χ2v) is 12.2. The maximum atomic E-state index is 14.1. The van der Waals surface area contributed by atoms with Crippen molar-refractivity contribution in [1.29, 1.82) is 0 Å². The highest BCUT2D eigenvalue weighted by Crippen LogP contribution is 2.55. The highest BCUT2D eigenvalue weighted by atomic mass is 79.9. The van der Waals surface area contributed by atoms with Crippen LogP contribution in [0.5, 0.6) is 0 Å². The monoisotopic (exact) mass is 611 g/mol. The first kappa shape index (κ1) is 26.5. The Morgan fingerprint density at radius 2 is 1.79 bits per heavy atom. The number of carbonyl (C=O) groups excluding carboxylic acids is 3. The smallest absolute Gasteiger partial charge is 0.246 e. The highest BCUT2D eigenvalue weighted by molar-refractivity contribution is 9.10. The van der Waals surface area contributed by atoms with E-state index in [-0.39, 0.29) is 23.8 Å². The summed E-state index contributed by atoms with van der Waals surface area (Å²) in [7, 11) is 0. The Hall–Kier alpha value is -2.68. The van der Waals surface area contributed by atoms with Crippen LogP contribution >= 0.6 is 27.5 Å². The lowest BCUT2D eigenvalue weighted by atomic mass is 9.74. The number of nitrogens with zero attached hydrogens (tertiary/aromatic N) is 1. The second-order valence-electron chi connectivity index (χ2n) is 10.9. The van der Waals surface area contributed by atoms with E-state index in [0.29, 0.717) is 23.7 Å².